The standard InChI is InChI=1S/C20H23N3OS/c1-2-13-23-19(16-17-9-5-3-6-10-17)21-22-20(23)25-15-14-24-18-11-7-4-8-12-18/h3-12H,2,13-16H2,1H3. The zero-order valence-corrected chi connectivity index (χ0v) is 15.3. The van der Waals surface area contributed by atoms with E-state index in [4.69, 9.17) is 4.74 Å². The third-order valence-electron chi connectivity index (χ3n) is 3.77. The van der Waals surface area contributed by atoms with Gasteiger partial charge in [-0.25, -0.2) is 0 Å². The van der Waals surface area contributed by atoms with Gasteiger partial charge in [-0.05, 0) is 24.1 Å². The van der Waals surface area contributed by atoms with Crippen LogP contribution in [0.4, 0.5) is 0 Å². The molecule has 3 rings (SSSR count). The molecule has 0 aliphatic carbocycles. The minimum atomic E-state index is 0.654. The van der Waals surface area contributed by atoms with Gasteiger partial charge >= 0.3 is 0 Å². The zero-order valence-electron chi connectivity index (χ0n) is 14.5. The van der Waals surface area contributed by atoms with Crippen molar-refractivity contribution in [2.75, 3.05) is 12.4 Å². The van der Waals surface area contributed by atoms with Crippen molar-refractivity contribution < 1.29 is 4.74 Å². The van der Waals surface area contributed by atoms with Crippen molar-refractivity contribution in [3.63, 3.8) is 0 Å². The second-order valence-corrected chi connectivity index (χ2v) is 6.78. The van der Waals surface area contributed by atoms with Crippen LogP contribution in [0.5, 0.6) is 5.75 Å². The van der Waals surface area contributed by atoms with E-state index in [9.17, 15) is 0 Å². The molecule has 0 radical (unpaired) electrons. The summed E-state index contributed by atoms with van der Waals surface area (Å²) in [6.45, 7) is 3.78. The van der Waals surface area contributed by atoms with Gasteiger partial charge in [-0.15, -0.1) is 10.2 Å². The van der Waals surface area contributed by atoms with Crippen LogP contribution in [0.15, 0.2) is 65.8 Å². The average Bonchev–Trinajstić information content (AvgIpc) is 3.03. The molecule has 5 heteroatoms. The lowest BCUT2D eigenvalue weighted by Crippen LogP contribution is -2.07. The van der Waals surface area contributed by atoms with Crippen LogP contribution in [0.25, 0.3) is 0 Å². The molecule has 3 aromatic rings. The summed E-state index contributed by atoms with van der Waals surface area (Å²) in [6, 6.07) is 20.3. The second kappa shape index (κ2) is 9.28. The fraction of sp³-hybridized carbons (Fsp3) is 0.300. The summed E-state index contributed by atoms with van der Waals surface area (Å²) in [5.74, 6) is 2.78. The molecule has 0 fully saturated rings. The van der Waals surface area contributed by atoms with Crippen molar-refractivity contribution in [1.29, 1.82) is 0 Å². The highest BCUT2D eigenvalue weighted by Gasteiger charge is 2.12. The summed E-state index contributed by atoms with van der Waals surface area (Å²) in [7, 11) is 0. The highest BCUT2D eigenvalue weighted by atomic mass is 32.2. The van der Waals surface area contributed by atoms with Gasteiger partial charge in [0.25, 0.3) is 0 Å². The minimum absolute atomic E-state index is 0.654. The third kappa shape index (κ3) is 5.10. The molecule has 0 saturated carbocycles. The molecule has 2 aromatic carbocycles. The number of para-hydroxylation sites is 1. The van der Waals surface area contributed by atoms with Crippen LogP contribution in [0.2, 0.25) is 0 Å². The van der Waals surface area contributed by atoms with Crippen LogP contribution in [-0.2, 0) is 13.0 Å². The predicted octanol–water partition coefficient (Wildman–Crippen LogP) is 4.45. The largest absolute Gasteiger partial charge is 0.493 e. The average molecular weight is 353 g/mol. The van der Waals surface area contributed by atoms with Crippen molar-refractivity contribution in [2.24, 2.45) is 0 Å². The van der Waals surface area contributed by atoms with Gasteiger partial charge in [0, 0.05) is 18.7 Å². The maximum absolute atomic E-state index is 5.75. The molecule has 0 amide bonds. The molecular formula is C20H23N3OS. The summed E-state index contributed by atoms with van der Waals surface area (Å²) in [4.78, 5) is 0. The van der Waals surface area contributed by atoms with Gasteiger partial charge in [0.15, 0.2) is 5.16 Å². The fourth-order valence-corrected chi connectivity index (χ4v) is 3.39. The van der Waals surface area contributed by atoms with Gasteiger partial charge in [0.2, 0.25) is 0 Å². The van der Waals surface area contributed by atoms with Crippen molar-refractivity contribution in [3.8, 4) is 5.75 Å². The Balaban J connectivity index is 1.59. The first-order valence-corrected chi connectivity index (χ1v) is 9.62. The summed E-state index contributed by atoms with van der Waals surface area (Å²) < 4.78 is 7.99. The van der Waals surface area contributed by atoms with Crippen molar-refractivity contribution >= 4 is 11.8 Å². The third-order valence-corrected chi connectivity index (χ3v) is 4.70. The van der Waals surface area contributed by atoms with Crippen LogP contribution >= 0.6 is 11.8 Å². The van der Waals surface area contributed by atoms with Crippen LogP contribution in [0.3, 0.4) is 0 Å². The van der Waals surface area contributed by atoms with Crippen molar-refractivity contribution in [2.45, 2.75) is 31.5 Å². The first-order chi connectivity index (χ1) is 12.4. The van der Waals surface area contributed by atoms with E-state index in [0.29, 0.717) is 6.61 Å². The first kappa shape index (κ1) is 17.5. The Morgan fingerprint density at radius 1 is 0.960 bits per heavy atom. The Morgan fingerprint density at radius 3 is 2.40 bits per heavy atom. The normalized spacial score (nSPS) is 10.8. The molecule has 1 aromatic heterocycles. The SMILES string of the molecule is CCCn1c(Cc2ccccc2)nnc1SCCOc1ccccc1. The molecule has 25 heavy (non-hydrogen) atoms. The maximum Gasteiger partial charge on any atom is 0.191 e. The summed E-state index contributed by atoms with van der Waals surface area (Å²) in [5.41, 5.74) is 1.26. The maximum atomic E-state index is 5.75. The molecule has 130 valence electrons. The smallest absolute Gasteiger partial charge is 0.191 e. The summed E-state index contributed by atoms with van der Waals surface area (Å²) >= 11 is 1.70. The number of rotatable bonds is 9. The molecule has 0 aliphatic heterocycles. The number of aromatic nitrogens is 3. The molecule has 0 saturated heterocycles. The van der Waals surface area contributed by atoms with E-state index in [1.54, 1.807) is 11.8 Å². The first-order valence-electron chi connectivity index (χ1n) is 8.63. The quantitative estimate of drug-likeness (QED) is 0.421. The summed E-state index contributed by atoms with van der Waals surface area (Å²) in [5, 5.41) is 9.79. The number of benzene rings is 2. The van der Waals surface area contributed by atoms with Crippen molar-refractivity contribution in [1.82, 2.24) is 14.8 Å². The highest BCUT2D eigenvalue weighted by molar-refractivity contribution is 7.99. The van der Waals surface area contributed by atoms with Crippen LogP contribution in [0, 0.1) is 0 Å². The second-order valence-electron chi connectivity index (χ2n) is 5.72. The van der Waals surface area contributed by atoms with E-state index in [-0.39, 0.29) is 0 Å². The van der Waals surface area contributed by atoms with Gasteiger partial charge in [-0.3, -0.25) is 0 Å². The summed E-state index contributed by atoms with van der Waals surface area (Å²) in [6.07, 6.45) is 1.88. The highest BCUT2D eigenvalue weighted by Crippen LogP contribution is 2.20. The Labute approximate surface area is 153 Å². The molecule has 0 bridgehead atoms. The Hall–Kier alpha value is -2.27. The molecule has 4 nitrogen and oxygen atoms in total. The molecule has 1 heterocycles. The Morgan fingerprint density at radius 2 is 1.68 bits per heavy atom. The lowest BCUT2D eigenvalue weighted by Gasteiger charge is -2.09. The molecule has 0 atom stereocenters. The number of ether oxygens (including phenoxy) is 1. The molecule has 0 spiro atoms. The van der Waals surface area contributed by atoms with E-state index in [0.717, 1.165) is 41.9 Å². The zero-order chi connectivity index (χ0) is 17.3. The van der Waals surface area contributed by atoms with Gasteiger partial charge in [0.1, 0.15) is 11.6 Å². The van der Waals surface area contributed by atoms with E-state index in [1.165, 1.54) is 5.56 Å². The van der Waals surface area contributed by atoms with Gasteiger partial charge < -0.3 is 9.30 Å². The van der Waals surface area contributed by atoms with Crippen molar-refractivity contribution in [3.05, 3.63) is 72.1 Å². The van der Waals surface area contributed by atoms with Gasteiger partial charge in [-0.1, -0.05) is 67.2 Å². The van der Waals surface area contributed by atoms with Crippen LogP contribution in [0.1, 0.15) is 24.7 Å². The Kier molecular flexibility index (Phi) is 6.51. The topological polar surface area (TPSA) is 39.9 Å². The number of nitrogens with zero attached hydrogens (tertiary/aromatic N) is 3. The lowest BCUT2D eigenvalue weighted by molar-refractivity contribution is 0.344. The van der Waals surface area contributed by atoms with Crippen LogP contribution < -0.4 is 4.74 Å². The van der Waals surface area contributed by atoms with E-state index in [2.05, 4.69) is 46.0 Å². The van der Waals surface area contributed by atoms with E-state index in [1.807, 2.05) is 36.4 Å². The molecule has 0 N–H and O–H groups in total. The predicted molar refractivity (Wildman–Crippen MR) is 102 cm³/mol. The number of thioether (sulfide) groups is 1. The number of hydrogen-bond acceptors (Lipinski definition) is 4. The molecule has 0 unspecified atom stereocenters. The minimum Gasteiger partial charge on any atom is -0.493 e. The van der Waals surface area contributed by atoms with Crippen LogP contribution in [-0.4, -0.2) is 27.1 Å². The molecular weight excluding hydrogens is 330 g/mol. The lowest BCUT2D eigenvalue weighted by atomic mass is 10.1. The Bertz CT molecular complexity index is 759. The fourth-order valence-electron chi connectivity index (χ4n) is 2.59. The van der Waals surface area contributed by atoms with E-state index >= 15 is 0 Å². The van der Waals surface area contributed by atoms with E-state index < -0.39 is 0 Å². The number of hydrogen-bond donors (Lipinski definition) is 0. The monoisotopic (exact) mass is 353 g/mol. The van der Waals surface area contributed by atoms with Gasteiger partial charge in [-0.2, -0.15) is 0 Å². The van der Waals surface area contributed by atoms with Gasteiger partial charge in [0.05, 0.1) is 6.61 Å². The molecule has 0 aliphatic rings.